The lowest BCUT2D eigenvalue weighted by atomic mass is 10.2. The van der Waals surface area contributed by atoms with Crippen molar-refractivity contribution >= 4 is 17.7 Å². The average molecular weight is 204 g/mol. The number of carbonyl (C=O) groups excluding carboxylic acids is 1. The zero-order valence-electron chi connectivity index (χ0n) is 7.79. The molecule has 4 nitrogen and oxygen atoms in total. The summed E-state index contributed by atoms with van der Waals surface area (Å²) < 4.78 is 4.93. The molecule has 0 bridgehead atoms. The van der Waals surface area contributed by atoms with E-state index in [1.54, 1.807) is 0 Å². The lowest BCUT2D eigenvalue weighted by Crippen LogP contribution is -2.45. The third-order valence-electron chi connectivity index (χ3n) is 2.07. The fourth-order valence-corrected chi connectivity index (χ4v) is 2.41. The van der Waals surface area contributed by atoms with Gasteiger partial charge in [-0.1, -0.05) is 0 Å². The van der Waals surface area contributed by atoms with Crippen LogP contribution in [-0.4, -0.2) is 43.2 Å². The van der Waals surface area contributed by atoms with Crippen molar-refractivity contribution in [1.82, 2.24) is 5.32 Å². The highest BCUT2D eigenvalue weighted by molar-refractivity contribution is 7.99. The van der Waals surface area contributed by atoms with Gasteiger partial charge >= 0.3 is 0 Å². The molecule has 0 aromatic heterocycles. The molecule has 0 aromatic rings. The van der Waals surface area contributed by atoms with E-state index in [-0.39, 0.29) is 12.5 Å². The minimum atomic E-state index is -0.495. The van der Waals surface area contributed by atoms with Crippen LogP contribution in [0.15, 0.2) is 0 Å². The van der Waals surface area contributed by atoms with Crippen LogP contribution in [0.2, 0.25) is 0 Å². The Bertz CT molecular complexity index is 168. The van der Waals surface area contributed by atoms with Crippen molar-refractivity contribution < 1.29 is 9.53 Å². The Kier molecular flexibility index (Phi) is 4.55. The lowest BCUT2D eigenvalue weighted by Gasteiger charge is -2.16. The summed E-state index contributed by atoms with van der Waals surface area (Å²) in [6.07, 6.45) is 0.558. The molecule has 1 amide bonds. The second-order valence-corrected chi connectivity index (χ2v) is 4.18. The lowest BCUT2D eigenvalue weighted by molar-refractivity contribution is -0.131. The standard InChI is InChI=1S/C8H16N2O2S/c1-12-7(4-9)8(11)10-6-2-3-13-5-6/h6-7H,2-5,9H2,1H3,(H,10,11). The Labute approximate surface area is 82.6 Å². The van der Waals surface area contributed by atoms with Crippen LogP contribution in [0.5, 0.6) is 0 Å². The summed E-state index contributed by atoms with van der Waals surface area (Å²) in [7, 11) is 1.50. The van der Waals surface area contributed by atoms with Crippen LogP contribution >= 0.6 is 11.8 Å². The predicted molar refractivity (Wildman–Crippen MR) is 53.7 cm³/mol. The van der Waals surface area contributed by atoms with E-state index in [4.69, 9.17) is 10.5 Å². The first-order valence-corrected chi connectivity index (χ1v) is 5.54. The first-order valence-electron chi connectivity index (χ1n) is 4.39. The Hall–Kier alpha value is -0.260. The molecule has 3 N–H and O–H groups in total. The van der Waals surface area contributed by atoms with E-state index in [1.165, 1.54) is 7.11 Å². The summed E-state index contributed by atoms with van der Waals surface area (Å²) >= 11 is 1.86. The van der Waals surface area contributed by atoms with E-state index in [9.17, 15) is 4.79 Å². The second-order valence-electron chi connectivity index (χ2n) is 3.03. The van der Waals surface area contributed by atoms with Crippen molar-refractivity contribution in [3.05, 3.63) is 0 Å². The number of rotatable bonds is 4. The van der Waals surface area contributed by atoms with Crippen LogP contribution in [0.4, 0.5) is 0 Å². The molecule has 13 heavy (non-hydrogen) atoms. The molecule has 5 heteroatoms. The van der Waals surface area contributed by atoms with Crippen LogP contribution in [0, 0.1) is 0 Å². The molecule has 1 saturated heterocycles. The van der Waals surface area contributed by atoms with Gasteiger partial charge in [-0.05, 0) is 12.2 Å². The summed E-state index contributed by atoms with van der Waals surface area (Å²) in [5.74, 6) is 2.05. The van der Waals surface area contributed by atoms with Gasteiger partial charge in [0.05, 0.1) is 0 Å². The number of methoxy groups -OCH3 is 1. The average Bonchev–Trinajstić information content (AvgIpc) is 2.59. The zero-order valence-corrected chi connectivity index (χ0v) is 8.60. The number of carbonyl (C=O) groups is 1. The molecule has 0 saturated carbocycles. The topological polar surface area (TPSA) is 64.3 Å². The van der Waals surface area contributed by atoms with Crippen molar-refractivity contribution in [2.24, 2.45) is 5.73 Å². The molecule has 0 radical (unpaired) electrons. The molecule has 1 aliphatic heterocycles. The number of ether oxygens (including phenoxy) is 1. The largest absolute Gasteiger partial charge is 0.370 e. The Morgan fingerprint density at radius 2 is 2.62 bits per heavy atom. The summed E-state index contributed by atoms with van der Waals surface area (Å²) in [5, 5.41) is 2.92. The molecule has 1 fully saturated rings. The van der Waals surface area contributed by atoms with Gasteiger partial charge in [0, 0.05) is 25.4 Å². The maximum absolute atomic E-state index is 11.4. The molecule has 76 valence electrons. The molecular weight excluding hydrogens is 188 g/mol. The first kappa shape index (κ1) is 10.8. The van der Waals surface area contributed by atoms with E-state index >= 15 is 0 Å². The van der Waals surface area contributed by atoms with E-state index in [2.05, 4.69) is 5.32 Å². The number of nitrogens with two attached hydrogens (primary N) is 1. The van der Waals surface area contributed by atoms with E-state index < -0.39 is 6.10 Å². The monoisotopic (exact) mass is 204 g/mol. The van der Waals surface area contributed by atoms with Crippen LogP contribution in [-0.2, 0) is 9.53 Å². The summed E-state index contributed by atoms with van der Waals surface area (Å²) in [6, 6.07) is 0.307. The van der Waals surface area contributed by atoms with Gasteiger partial charge in [-0.25, -0.2) is 0 Å². The second kappa shape index (κ2) is 5.47. The van der Waals surface area contributed by atoms with Crippen molar-refractivity contribution in [2.45, 2.75) is 18.6 Å². The molecule has 0 spiro atoms. The first-order chi connectivity index (χ1) is 6.27. The summed E-state index contributed by atoms with van der Waals surface area (Å²) in [4.78, 5) is 11.4. The Balaban J connectivity index is 2.29. The van der Waals surface area contributed by atoms with Crippen LogP contribution < -0.4 is 11.1 Å². The molecule has 2 unspecified atom stereocenters. The van der Waals surface area contributed by atoms with E-state index in [0.29, 0.717) is 6.04 Å². The molecule has 1 heterocycles. The zero-order chi connectivity index (χ0) is 9.68. The molecule has 1 aliphatic rings. The quantitative estimate of drug-likeness (QED) is 0.653. The van der Waals surface area contributed by atoms with Crippen molar-refractivity contribution in [1.29, 1.82) is 0 Å². The van der Waals surface area contributed by atoms with Gasteiger partial charge in [0.1, 0.15) is 6.10 Å². The number of amides is 1. The van der Waals surface area contributed by atoms with Gasteiger partial charge < -0.3 is 15.8 Å². The number of hydrogen-bond donors (Lipinski definition) is 2. The Morgan fingerprint density at radius 1 is 1.85 bits per heavy atom. The predicted octanol–water partition coefficient (Wildman–Crippen LogP) is -0.418. The number of thioether (sulfide) groups is 1. The minimum Gasteiger partial charge on any atom is -0.370 e. The summed E-state index contributed by atoms with van der Waals surface area (Å²) in [5.41, 5.74) is 5.37. The summed E-state index contributed by atoms with van der Waals surface area (Å²) in [6.45, 7) is 0.238. The van der Waals surface area contributed by atoms with Gasteiger partial charge in [-0.3, -0.25) is 4.79 Å². The highest BCUT2D eigenvalue weighted by Gasteiger charge is 2.22. The van der Waals surface area contributed by atoms with Crippen molar-refractivity contribution in [2.75, 3.05) is 25.2 Å². The molecule has 0 aliphatic carbocycles. The highest BCUT2D eigenvalue weighted by atomic mass is 32.2. The van der Waals surface area contributed by atoms with Gasteiger partial charge in [0.15, 0.2) is 0 Å². The fourth-order valence-electron chi connectivity index (χ4n) is 1.25. The van der Waals surface area contributed by atoms with Crippen molar-refractivity contribution in [3.8, 4) is 0 Å². The minimum absolute atomic E-state index is 0.0856. The SMILES string of the molecule is COC(CN)C(=O)NC1CCSC1. The van der Waals surface area contributed by atoms with Crippen molar-refractivity contribution in [3.63, 3.8) is 0 Å². The van der Waals surface area contributed by atoms with Gasteiger partial charge in [-0.2, -0.15) is 11.8 Å². The fraction of sp³-hybridized carbons (Fsp3) is 0.875. The third-order valence-corrected chi connectivity index (χ3v) is 3.23. The maximum atomic E-state index is 11.4. The van der Waals surface area contributed by atoms with E-state index in [1.807, 2.05) is 11.8 Å². The number of hydrogen-bond acceptors (Lipinski definition) is 4. The molecule has 1 rings (SSSR count). The Morgan fingerprint density at radius 3 is 3.08 bits per heavy atom. The smallest absolute Gasteiger partial charge is 0.250 e. The normalized spacial score (nSPS) is 24.3. The van der Waals surface area contributed by atoms with Crippen LogP contribution in [0.25, 0.3) is 0 Å². The molecular formula is C8H16N2O2S. The van der Waals surface area contributed by atoms with Gasteiger partial charge in [-0.15, -0.1) is 0 Å². The third kappa shape index (κ3) is 3.17. The maximum Gasteiger partial charge on any atom is 0.250 e. The van der Waals surface area contributed by atoms with Gasteiger partial charge in [0.25, 0.3) is 5.91 Å². The molecule has 0 aromatic carbocycles. The van der Waals surface area contributed by atoms with Crippen LogP contribution in [0.3, 0.4) is 0 Å². The van der Waals surface area contributed by atoms with E-state index in [0.717, 1.165) is 17.9 Å². The number of nitrogens with one attached hydrogen (secondary N) is 1. The highest BCUT2D eigenvalue weighted by Crippen LogP contribution is 2.16. The van der Waals surface area contributed by atoms with Gasteiger partial charge in [0.2, 0.25) is 0 Å². The molecule has 2 atom stereocenters. The van der Waals surface area contributed by atoms with Crippen LogP contribution in [0.1, 0.15) is 6.42 Å².